The van der Waals surface area contributed by atoms with Crippen molar-refractivity contribution in [2.24, 2.45) is 11.8 Å². The molecule has 3 heterocycles. The second-order valence-electron chi connectivity index (χ2n) is 8.80. The van der Waals surface area contributed by atoms with Crippen LogP contribution in [0, 0.1) is 18.8 Å². The number of nitrogens with one attached hydrogen (secondary N) is 1. The van der Waals surface area contributed by atoms with Crippen molar-refractivity contribution >= 4 is 34.4 Å². The number of anilines is 1. The zero-order valence-corrected chi connectivity index (χ0v) is 18.8. The summed E-state index contributed by atoms with van der Waals surface area (Å²) in [7, 11) is 0. The largest absolute Gasteiger partial charge is 0.424 e. The third kappa shape index (κ3) is 3.28. The van der Waals surface area contributed by atoms with Crippen LogP contribution < -0.4 is 5.32 Å². The van der Waals surface area contributed by atoms with Crippen molar-refractivity contribution in [1.82, 2.24) is 14.9 Å². The number of fused-ring (bicyclic) bond motifs is 2. The highest BCUT2D eigenvalue weighted by molar-refractivity contribution is 7.15. The molecule has 2 aliphatic rings. The van der Waals surface area contributed by atoms with E-state index < -0.39 is 0 Å². The van der Waals surface area contributed by atoms with Crippen LogP contribution in [-0.2, 0) is 0 Å². The van der Waals surface area contributed by atoms with E-state index in [9.17, 15) is 4.79 Å². The summed E-state index contributed by atoms with van der Waals surface area (Å²) in [6.45, 7) is 4.87. The van der Waals surface area contributed by atoms with Crippen molar-refractivity contribution < 1.29 is 9.21 Å². The van der Waals surface area contributed by atoms with E-state index >= 15 is 0 Å². The van der Waals surface area contributed by atoms with Crippen molar-refractivity contribution in [3.05, 3.63) is 65.3 Å². The molecule has 2 fully saturated rings. The number of likely N-dealkylation sites (tertiary alicyclic amines) is 1. The fraction of sp³-hybridized carbons (Fsp3) is 0.320. The summed E-state index contributed by atoms with van der Waals surface area (Å²) < 4.78 is 5.87. The number of piperidine rings is 1. The topological polar surface area (TPSA) is 71.3 Å². The number of hydrogen-bond donors (Lipinski definition) is 1. The lowest BCUT2D eigenvalue weighted by molar-refractivity contribution is 0.0688. The van der Waals surface area contributed by atoms with Crippen LogP contribution in [0.25, 0.3) is 21.5 Å². The number of para-hydroxylation sites is 2. The lowest BCUT2D eigenvalue weighted by Crippen LogP contribution is -2.47. The molecule has 0 bridgehead atoms. The third-order valence-corrected chi connectivity index (χ3v) is 7.62. The average Bonchev–Trinajstić information content (AvgIpc) is 3.14. The molecule has 4 atom stereocenters. The predicted octanol–water partition coefficient (Wildman–Crippen LogP) is 5.22. The van der Waals surface area contributed by atoms with Gasteiger partial charge in [0, 0.05) is 12.6 Å². The Morgan fingerprint density at radius 3 is 2.75 bits per heavy atom. The first kappa shape index (κ1) is 19.5. The molecule has 7 heteroatoms. The van der Waals surface area contributed by atoms with Crippen molar-refractivity contribution in [3.8, 4) is 10.4 Å². The van der Waals surface area contributed by atoms with E-state index in [1.54, 1.807) is 11.3 Å². The van der Waals surface area contributed by atoms with Crippen molar-refractivity contribution in [3.63, 3.8) is 0 Å². The number of amides is 1. The highest BCUT2D eigenvalue weighted by Gasteiger charge is 2.56. The first-order valence-electron chi connectivity index (χ1n) is 11.0. The molecule has 4 aromatic rings. The van der Waals surface area contributed by atoms with E-state index in [1.807, 2.05) is 66.4 Å². The minimum absolute atomic E-state index is 0.0180. The summed E-state index contributed by atoms with van der Waals surface area (Å²) in [4.78, 5) is 25.9. The number of hydrogen-bond acceptors (Lipinski definition) is 6. The molecule has 1 saturated carbocycles. The fourth-order valence-electron chi connectivity index (χ4n) is 5.07. The fourth-order valence-corrected chi connectivity index (χ4v) is 5.99. The molecule has 3 unspecified atom stereocenters. The maximum atomic E-state index is 13.7. The molecule has 1 N–H and O–H groups in total. The zero-order valence-electron chi connectivity index (χ0n) is 18.0. The van der Waals surface area contributed by atoms with Crippen LogP contribution in [0.15, 0.2) is 59.0 Å². The minimum Gasteiger partial charge on any atom is -0.424 e. The number of carbonyl (C=O) groups excluding carboxylic acids is 1. The monoisotopic (exact) mass is 444 g/mol. The van der Waals surface area contributed by atoms with Gasteiger partial charge in [-0.25, -0.2) is 4.98 Å². The third-order valence-electron chi connectivity index (χ3n) is 6.60. The SMILES string of the molecule is Cc1nc(C(=O)N2CC3CC3C2[C@H](C)Nc2nc3ccccc3o2)c(-c2ccccc2)s1. The Morgan fingerprint density at radius 2 is 1.94 bits per heavy atom. The Bertz CT molecular complexity index is 1260. The molecule has 2 aromatic carbocycles. The zero-order chi connectivity index (χ0) is 21.8. The van der Waals surface area contributed by atoms with Gasteiger partial charge in [-0.3, -0.25) is 4.79 Å². The van der Waals surface area contributed by atoms with Gasteiger partial charge in [-0.05, 0) is 49.8 Å². The molecule has 6 rings (SSSR count). The Labute approximate surface area is 190 Å². The van der Waals surface area contributed by atoms with Crippen molar-refractivity contribution in [2.45, 2.75) is 32.4 Å². The second kappa shape index (κ2) is 7.45. The van der Waals surface area contributed by atoms with Crippen LogP contribution in [0.3, 0.4) is 0 Å². The molecule has 1 saturated heterocycles. The highest BCUT2D eigenvalue weighted by atomic mass is 32.1. The van der Waals surface area contributed by atoms with Crippen LogP contribution in [0.4, 0.5) is 6.01 Å². The lowest BCUT2D eigenvalue weighted by atomic mass is 10.0. The predicted molar refractivity (Wildman–Crippen MR) is 126 cm³/mol. The molecule has 1 amide bonds. The van der Waals surface area contributed by atoms with E-state index in [1.165, 1.54) is 6.42 Å². The smallest absolute Gasteiger partial charge is 0.295 e. The van der Waals surface area contributed by atoms with Crippen LogP contribution in [0.5, 0.6) is 0 Å². The van der Waals surface area contributed by atoms with Gasteiger partial charge in [0.2, 0.25) is 0 Å². The van der Waals surface area contributed by atoms with E-state index in [2.05, 4.69) is 22.2 Å². The molecule has 32 heavy (non-hydrogen) atoms. The van der Waals surface area contributed by atoms with E-state index in [4.69, 9.17) is 4.42 Å². The normalized spacial score (nSPS) is 22.7. The van der Waals surface area contributed by atoms with Crippen LogP contribution in [0.1, 0.15) is 28.8 Å². The second-order valence-corrected chi connectivity index (χ2v) is 10.0. The Balaban J connectivity index is 1.28. The van der Waals surface area contributed by atoms with Gasteiger partial charge in [-0.2, -0.15) is 4.98 Å². The summed E-state index contributed by atoms with van der Waals surface area (Å²) in [5.41, 5.74) is 3.20. The molecule has 162 valence electrons. The maximum absolute atomic E-state index is 13.7. The van der Waals surface area contributed by atoms with Gasteiger partial charge in [0.05, 0.1) is 15.9 Å². The summed E-state index contributed by atoms with van der Waals surface area (Å²) >= 11 is 1.58. The summed E-state index contributed by atoms with van der Waals surface area (Å²) in [5, 5.41) is 4.34. The van der Waals surface area contributed by atoms with Gasteiger partial charge in [0.1, 0.15) is 11.2 Å². The minimum atomic E-state index is 0.0180. The number of nitrogens with zero attached hydrogens (tertiary/aromatic N) is 3. The van der Waals surface area contributed by atoms with Crippen LogP contribution in [0.2, 0.25) is 0 Å². The van der Waals surface area contributed by atoms with Crippen molar-refractivity contribution in [1.29, 1.82) is 0 Å². The van der Waals surface area contributed by atoms with Crippen LogP contribution >= 0.6 is 11.3 Å². The number of aryl methyl sites for hydroxylation is 1. The van der Waals surface area contributed by atoms with Gasteiger partial charge in [0.25, 0.3) is 11.9 Å². The highest BCUT2D eigenvalue weighted by Crippen LogP contribution is 2.51. The standard InChI is InChI=1S/C25H24N4O2S/c1-14(26-25-28-19-10-6-7-11-20(19)31-25)22-18-12-17(18)13-29(22)24(30)21-23(32-15(2)27-21)16-8-4-3-5-9-16/h3-11,14,17-18,22H,12-13H2,1-2H3,(H,26,28)/t14-,17?,18?,22?/m0/s1. The van der Waals surface area contributed by atoms with Gasteiger partial charge in [-0.15, -0.1) is 11.3 Å². The number of oxazole rings is 1. The number of rotatable bonds is 5. The molecule has 0 spiro atoms. The van der Waals surface area contributed by atoms with Crippen molar-refractivity contribution in [2.75, 3.05) is 11.9 Å². The number of aromatic nitrogens is 2. The maximum Gasteiger partial charge on any atom is 0.295 e. The number of thiazole rings is 1. The molecular weight excluding hydrogens is 420 g/mol. The molecule has 2 aromatic heterocycles. The number of carbonyl (C=O) groups is 1. The summed E-state index contributed by atoms with van der Waals surface area (Å²) in [6, 6.07) is 18.4. The Morgan fingerprint density at radius 1 is 1.16 bits per heavy atom. The average molecular weight is 445 g/mol. The summed E-state index contributed by atoms with van der Waals surface area (Å²) in [6.07, 6.45) is 1.18. The van der Waals surface area contributed by atoms with Gasteiger partial charge < -0.3 is 14.6 Å². The molecule has 0 radical (unpaired) electrons. The van der Waals surface area contributed by atoms with E-state index in [-0.39, 0.29) is 18.0 Å². The molecular formula is C25H24N4O2S. The Hall–Kier alpha value is -3.19. The van der Waals surface area contributed by atoms with Gasteiger partial charge in [0.15, 0.2) is 5.58 Å². The number of benzene rings is 2. The van der Waals surface area contributed by atoms with Gasteiger partial charge in [-0.1, -0.05) is 42.5 Å². The molecule has 1 aliphatic heterocycles. The quantitative estimate of drug-likeness (QED) is 0.457. The van der Waals surface area contributed by atoms with Crippen LogP contribution in [-0.4, -0.2) is 39.4 Å². The van der Waals surface area contributed by atoms with E-state index in [0.29, 0.717) is 23.5 Å². The first-order valence-corrected chi connectivity index (χ1v) is 11.9. The van der Waals surface area contributed by atoms with E-state index in [0.717, 1.165) is 33.1 Å². The first-order chi connectivity index (χ1) is 15.6. The molecule has 1 aliphatic carbocycles. The summed E-state index contributed by atoms with van der Waals surface area (Å²) in [5.74, 6) is 1.12. The molecule has 6 nitrogen and oxygen atoms in total. The van der Waals surface area contributed by atoms with Gasteiger partial charge >= 0.3 is 0 Å². The Kier molecular flexibility index (Phi) is 4.54. The lowest BCUT2D eigenvalue weighted by Gasteiger charge is -2.32.